The fourth-order valence-electron chi connectivity index (χ4n) is 2.34. The van der Waals surface area contributed by atoms with Gasteiger partial charge in [0.15, 0.2) is 0 Å². The highest BCUT2D eigenvalue weighted by Gasteiger charge is 2.08. The van der Waals surface area contributed by atoms with Gasteiger partial charge in [-0.1, -0.05) is 48.5 Å². The third-order valence-corrected chi connectivity index (χ3v) is 3.15. The maximum absolute atomic E-state index is 10.7. The van der Waals surface area contributed by atoms with Crippen molar-refractivity contribution >= 4 is 27.6 Å². The number of carbonyl (C=O) groups is 1. The van der Waals surface area contributed by atoms with Gasteiger partial charge in [-0.2, -0.15) is 0 Å². The lowest BCUT2D eigenvalue weighted by atomic mass is 9.97. The second-order valence-electron chi connectivity index (χ2n) is 4.33. The van der Waals surface area contributed by atoms with E-state index in [9.17, 15) is 4.79 Å². The standard InChI is InChI=1S/C16H12NO2/c18-16(19)17-10-15-13-7-3-1-5-11(13)9-12-6-2-4-8-14(12)15/h1-10,17H,(H,18,19). The molecule has 1 amide bonds. The Labute approximate surface area is 110 Å². The van der Waals surface area contributed by atoms with Crippen LogP contribution in [0.3, 0.4) is 0 Å². The first-order chi connectivity index (χ1) is 9.25. The molecule has 0 aliphatic rings. The van der Waals surface area contributed by atoms with Crippen LogP contribution in [-0.2, 0) is 0 Å². The van der Waals surface area contributed by atoms with Crippen LogP contribution >= 0.6 is 0 Å². The molecule has 0 aliphatic carbocycles. The van der Waals surface area contributed by atoms with Gasteiger partial charge in [-0.25, -0.2) is 4.79 Å². The molecular weight excluding hydrogens is 238 g/mol. The van der Waals surface area contributed by atoms with Gasteiger partial charge in [0, 0.05) is 0 Å². The van der Waals surface area contributed by atoms with E-state index in [0.29, 0.717) is 0 Å². The maximum Gasteiger partial charge on any atom is 0.405 e. The average Bonchev–Trinajstić information content (AvgIpc) is 2.43. The van der Waals surface area contributed by atoms with E-state index in [-0.39, 0.29) is 0 Å². The number of fused-ring (bicyclic) bond motifs is 2. The predicted octanol–water partition coefficient (Wildman–Crippen LogP) is 3.77. The van der Waals surface area contributed by atoms with Crippen molar-refractivity contribution in [3.8, 4) is 0 Å². The number of hydrogen-bond acceptors (Lipinski definition) is 1. The molecule has 0 spiro atoms. The number of hydrogen-bond donors (Lipinski definition) is 2. The van der Waals surface area contributed by atoms with Crippen molar-refractivity contribution in [2.24, 2.45) is 0 Å². The van der Waals surface area contributed by atoms with Crippen LogP contribution in [0.15, 0.2) is 54.6 Å². The topological polar surface area (TPSA) is 49.3 Å². The summed E-state index contributed by atoms with van der Waals surface area (Å²) in [7, 11) is 0. The van der Waals surface area contributed by atoms with E-state index in [4.69, 9.17) is 5.11 Å². The third-order valence-electron chi connectivity index (χ3n) is 3.15. The molecule has 0 atom stereocenters. The molecule has 0 bridgehead atoms. The number of nitrogens with one attached hydrogen (secondary N) is 1. The summed E-state index contributed by atoms with van der Waals surface area (Å²) in [5.74, 6) is 0. The van der Waals surface area contributed by atoms with Gasteiger partial charge < -0.3 is 10.4 Å². The first-order valence-electron chi connectivity index (χ1n) is 5.99. The largest absolute Gasteiger partial charge is 0.465 e. The van der Waals surface area contributed by atoms with Crippen molar-refractivity contribution in [3.05, 3.63) is 66.7 Å². The van der Waals surface area contributed by atoms with Gasteiger partial charge in [0.2, 0.25) is 0 Å². The van der Waals surface area contributed by atoms with Crippen molar-refractivity contribution in [2.75, 3.05) is 0 Å². The van der Waals surface area contributed by atoms with E-state index in [2.05, 4.69) is 11.4 Å². The van der Waals surface area contributed by atoms with E-state index in [0.717, 1.165) is 27.1 Å². The van der Waals surface area contributed by atoms with E-state index in [1.54, 1.807) is 6.54 Å². The average molecular weight is 250 g/mol. The zero-order chi connectivity index (χ0) is 13.2. The molecule has 3 heteroatoms. The van der Waals surface area contributed by atoms with Gasteiger partial charge in [0.25, 0.3) is 0 Å². The summed E-state index contributed by atoms with van der Waals surface area (Å²) < 4.78 is 0. The second kappa shape index (κ2) is 4.61. The Balaban J connectivity index is 2.29. The number of amides is 1. The first-order valence-corrected chi connectivity index (χ1v) is 5.99. The molecule has 3 nitrogen and oxygen atoms in total. The fraction of sp³-hybridized carbons (Fsp3) is 0. The highest BCUT2D eigenvalue weighted by atomic mass is 16.4. The summed E-state index contributed by atoms with van der Waals surface area (Å²) in [6, 6.07) is 18.0. The van der Waals surface area contributed by atoms with Crippen LogP contribution in [0, 0.1) is 6.54 Å². The van der Waals surface area contributed by atoms with Crippen LogP contribution in [0.25, 0.3) is 21.5 Å². The minimum absolute atomic E-state index is 0.899. The summed E-state index contributed by atoms with van der Waals surface area (Å²) in [4.78, 5) is 10.7. The lowest BCUT2D eigenvalue weighted by Crippen LogP contribution is -2.18. The molecular formula is C16H12NO2. The number of benzene rings is 3. The molecule has 19 heavy (non-hydrogen) atoms. The molecule has 93 valence electrons. The Kier molecular flexibility index (Phi) is 2.80. The molecule has 3 aromatic rings. The molecule has 3 aromatic carbocycles. The van der Waals surface area contributed by atoms with Crippen LogP contribution in [0.5, 0.6) is 0 Å². The Morgan fingerprint density at radius 1 is 0.947 bits per heavy atom. The summed E-state index contributed by atoms with van der Waals surface area (Å²) in [6.45, 7) is 1.55. The summed E-state index contributed by atoms with van der Waals surface area (Å²) in [6.07, 6.45) is -1.06. The van der Waals surface area contributed by atoms with Gasteiger partial charge in [-0.05, 0) is 33.2 Å². The van der Waals surface area contributed by atoms with Gasteiger partial charge in [0.1, 0.15) is 0 Å². The van der Waals surface area contributed by atoms with Crippen LogP contribution in [0.4, 0.5) is 4.79 Å². The molecule has 0 aromatic heterocycles. The molecule has 0 heterocycles. The second-order valence-corrected chi connectivity index (χ2v) is 4.33. The molecule has 0 fully saturated rings. The highest BCUT2D eigenvalue weighted by Crippen LogP contribution is 2.28. The van der Waals surface area contributed by atoms with E-state index >= 15 is 0 Å². The molecule has 0 saturated heterocycles. The fourth-order valence-corrected chi connectivity index (χ4v) is 2.34. The van der Waals surface area contributed by atoms with E-state index < -0.39 is 6.09 Å². The maximum atomic E-state index is 10.7. The Morgan fingerprint density at radius 2 is 1.47 bits per heavy atom. The first kappa shape index (κ1) is 11.5. The van der Waals surface area contributed by atoms with Crippen LogP contribution in [0.2, 0.25) is 0 Å². The summed E-state index contributed by atoms with van der Waals surface area (Å²) in [5, 5.41) is 15.4. The lowest BCUT2D eigenvalue weighted by molar-refractivity contribution is 0.197. The van der Waals surface area contributed by atoms with Crippen LogP contribution in [-0.4, -0.2) is 11.2 Å². The Morgan fingerprint density at radius 3 is 2.00 bits per heavy atom. The zero-order valence-electron chi connectivity index (χ0n) is 10.1. The monoisotopic (exact) mass is 250 g/mol. The van der Waals surface area contributed by atoms with Crippen molar-refractivity contribution in [1.82, 2.24) is 5.32 Å². The summed E-state index contributed by atoms with van der Waals surface area (Å²) in [5.41, 5.74) is 0.899. The Bertz CT molecular complexity index is 711. The molecule has 0 aliphatic heterocycles. The SMILES string of the molecule is O=C(O)N[CH]c1c2ccccc2cc2ccccc12. The quantitative estimate of drug-likeness (QED) is 0.680. The van der Waals surface area contributed by atoms with Gasteiger partial charge in [-0.3, -0.25) is 0 Å². The predicted molar refractivity (Wildman–Crippen MR) is 76.0 cm³/mol. The van der Waals surface area contributed by atoms with Crippen molar-refractivity contribution in [3.63, 3.8) is 0 Å². The van der Waals surface area contributed by atoms with Crippen molar-refractivity contribution in [2.45, 2.75) is 0 Å². The highest BCUT2D eigenvalue weighted by molar-refractivity contribution is 6.03. The molecule has 3 rings (SSSR count). The van der Waals surface area contributed by atoms with Crippen LogP contribution < -0.4 is 5.32 Å². The van der Waals surface area contributed by atoms with E-state index in [1.165, 1.54) is 0 Å². The normalized spacial score (nSPS) is 10.7. The number of carboxylic acid groups (broad SMARTS) is 1. The van der Waals surface area contributed by atoms with Crippen molar-refractivity contribution < 1.29 is 9.90 Å². The number of rotatable bonds is 2. The molecule has 2 N–H and O–H groups in total. The minimum Gasteiger partial charge on any atom is -0.465 e. The molecule has 0 saturated carbocycles. The lowest BCUT2D eigenvalue weighted by Gasteiger charge is -2.10. The smallest absolute Gasteiger partial charge is 0.405 e. The van der Waals surface area contributed by atoms with Gasteiger partial charge in [0.05, 0.1) is 6.54 Å². The third kappa shape index (κ3) is 2.10. The zero-order valence-corrected chi connectivity index (χ0v) is 10.1. The Hall–Kier alpha value is -2.55. The van der Waals surface area contributed by atoms with Crippen molar-refractivity contribution in [1.29, 1.82) is 0 Å². The van der Waals surface area contributed by atoms with Crippen LogP contribution in [0.1, 0.15) is 5.56 Å². The van der Waals surface area contributed by atoms with Gasteiger partial charge >= 0.3 is 6.09 Å². The van der Waals surface area contributed by atoms with E-state index in [1.807, 2.05) is 48.5 Å². The summed E-state index contributed by atoms with van der Waals surface area (Å²) >= 11 is 0. The molecule has 0 unspecified atom stereocenters. The minimum atomic E-state index is -1.06. The molecule has 1 radical (unpaired) electrons. The van der Waals surface area contributed by atoms with Gasteiger partial charge in [-0.15, -0.1) is 0 Å².